The molecule has 0 aromatic heterocycles. The summed E-state index contributed by atoms with van der Waals surface area (Å²) in [6.45, 7) is 0. The van der Waals surface area contributed by atoms with Gasteiger partial charge in [-0.25, -0.2) is 0 Å². The number of aromatic hydroxyl groups is 1. The number of carbonyl (C=O) groups is 1. The standard InChI is InChI=1S/C13H16ClNO3/c14-9-1-4-12(16)8(5-9)6-11(7-13(17)18)15-10-2-3-10/h1,4-5,10-11,15-16H,2-3,6-7H2,(H,17,18). The van der Waals surface area contributed by atoms with Gasteiger partial charge in [0.25, 0.3) is 0 Å². The molecule has 1 aliphatic carbocycles. The van der Waals surface area contributed by atoms with Gasteiger partial charge in [0, 0.05) is 17.1 Å². The second-order valence-electron chi connectivity index (χ2n) is 4.71. The van der Waals surface area contributed by atoms with Gasteiger partial charge in [-0.15, -0.1) is 0 Å². The fourth-order valence-electron chi connectivity index (χ4n) is 1.97. The van der Waals surface area contributed by atoms with Crippen molar-refractivity contribution in [3.05, 3.63) is 28.8 Å². The number of carboxylic acid groups (broad SMARTS) is 1. The molecule has 0 spiro atoms. The third-order valence-corrected chi connectivity index (χ3v) is 3.21. The molecule has 18 heavy (non-hydrogen) atoms. The highest BCUT2D eigenvalue weighted by molar-refractivity contribution is 6.30. The normalized spacial score (nSPS) is 16.5. The molecular weight excluding hydrogens is 254 g/mol. The van der Waals surface area contributed by atoms with Crippen LogP contribution in [0.2, 0.25) is 5.02 Å². The highest BCUT2D eigenvalue weighted by Crippen LogP contribution is 2.25. The Bertz CT molecular complexity index is 446. The van der Waals surface area contributed by atoms with Crippen molar-refractivity contribution in [2.45, 2.75) is 37.8 Å². The number of carboxylic acids is 1. The molecule has 1 aliphatic rings. The molecule has 4 nitrogen and oxygen atoms in total. The number of phenols is 1. The van der Waals surface area contributed by atoms with Crippen LogP contribution in [0, 0.1) is 0 Å². The molecule has 0 amide bonds. The topological polar surface area (TPSA) is 69.6 Å². The van der Waals surface area contributed by atoms with Gasteiger partial charge in [-0.1, -0.05) is 11.6 Å². The first-order valence-corrected chi connectivity index (χ1v) is 6.37. The third-order valence-electron chi connectivity index (χ3n) is 2.98. The van der Waals surface area contributed by atoms with Gasteiger partial charge in [-0.05, 0) is 43.0 Å². The number of rotatable bonds is 6. The van der Waals surface area contributed by atoms with E-state index >= 15 is 0 Å². The zero-order valence-corrected chi connectivity index (χ0v) is 10.7. The van der Waals surface area contributed by atoms with Crippen LogP contribution in [0.5, 0.6) is 5.75 Å². The van der Waals surface area contributed by atoms with Gasteiger partial charge >= 0.3 is 5.97 Å². The Labute approximate surface area is 111 Å². The van der Waals surface area contributed by atoms with Gasteiger partial charge in [0.15, 0.2) is 0 Å². The minimum absolute atomic E-state index is 0.0441. The molecule has 3 N–H and O–H groups in total. The summed E-state index contributed by atoms with van der Waals surface area (Å²) < 4.78 is 0. The lowest BCUT2D eigenvalue weighted by Gasteiger charge is -2.17. The van der Waals surface area contributed by atoms with Crippen LogP contribution >= 0.6 is 11.6 Å². The van der Waals surface area contributed by atoms with Crippen LogP contribution in [0.4, 0.5) is 0 Å². The largest absolute Gasteiger partial charge is 0.508 e. The molecule has 0 saturated heterocycles. The first kappa shape index (κ1) is 13.2. The summed E-state index contributed by atoms with van der Waals surface area (Å²) in [7, 11) is 0. The van der Waals surface area contributed by atoms with E-state index in [0.29, 0.717) is 23.0 Å². The molecule has 0 heterocycles. The molecule has 1 fully saturated rings. The number of hydrogen-bond acceptors (Lipinski definition) is 3. The molecule has 0 aliphatic heterocycles. The number of benzene rings is 1. The van der Waals surface area contributed by atoms with Crippen LogP contribution in [0.25, 0.3) is 0 Å². The van der Waals surface area contributed by atoms with E-state index in [0.717, 1.165) is 12.8 Å². The van der Waals surface area contributed by atoms with Crippen LogP contribution in [0.3, 0.4) is 0 Å². The lowest BCUT2D eigenvalue weighted by molar-refractivity contribution is -0.137. The van der Waals surface area contributed by atoms with E-state index in [9.17, 15) is 9.90 Å². The summed E-state index contributed by atoms with van der Waals surface area (Å²) in [6, 6.07) is 5.09. The van der Waals surface area contributed by atoms with Crippen molar-refractivity contribution in [3.8, 4) is 5.75 Å². The van der Waals surface area contributed by atoms with Gasteiger partial charge in [-0.3, -0.25) is 4.79 Å². The van der Waals surface area contributed by atoms with Crippen LogP contribution in [-0.2, 0) is 11.2 Å². The molecular formula is C13H16ClNO3. The molecule has 1 unspecified atom stereocenters. The Morgan fingerprint density at radius 3 is 2.83 bits per heavy atom. The monoisotopic (exact) mass is 269 g/mol. The van der Waals surface area contributed by atoms with Crippen molar-refractivity contribution in [1.29, 1.82) is 0 Å². The number of halogens is 1. The predicted octanol–water partition coefficient (Wildman–Crippen LogP) is 2.18. The summed E-state index contributed by atoms with van der Waals surface area (Å²) in [5.41, 5.74) is 0.682. The van der Waals surface area contributed by atoms with E-state index in [1.807, 2.05) is 0 Å². The van der Waals surface area contributed by atoms with Crippen molar-refractivity contribution in [3.63, 3.8) is 0 Å². The Morgan fingerprint density at radius 1 is 1.50 bits per heavy atom. The Hall–Kier alpha value is -1.26. The average Bonchev–Trinajstić information content (AvgIpc) is 3.06. The van der Waals surface area contributed by atoms with E-state index in [1.54, 1.807) is 12.1 Å². The quantitative estimate of drug-likeness (QED) is 0.740. The highest BCUT2D eigenvalue weighted by Gasteiger charge is 2.26. The van der Waals surface area contributed by atoms with Crippen molar-refractivity contribution in [2.75, 3.05) is 0 Å². The van der Waals surface area contributed by atoms with Gasteiger partial charge in [0.05, 0.1) is 6.42 Å². The molecule has 1 aromatic rings. The van der Waals surface area contributed by atoms with E-state index in [1.165, 1.54) is 6.07 Å². The molecule has 98 valence electrons. The van der Waals surface area contributed by atoms with Crippen molar-refractivity contribution >= 4 is 17.6 Å². The van der Waals surface area contributed by atoms with E-state index in [2.05, 4.69) is 5.32 Å². The van der Waals surface area contributed by atoms with Crippen LogP contribution in [-0.4, -0.2) is 28.3 Å². The zero-order chi connectivity index (χ0) is 13.1. The van der Waals surface area contributed by atoms with Crippen molar-refractivity contribution in [2.24, 2.45) is 0 Å². The molecule has 0 radical (unpaired) electrons. The van der Waals surface area contributed by atoms with E-state index < -0.39 is 5.97 Å². The summed E-state index contributed by atoms with van der Waals surface area (Å²) in [5.74, 6) is -0.679. The Kier molecular flexibility index (Phi) is 4.09. The molecule has 1 aromatic carbocycles. The number of phenolic OH excluding ortho intramolecular Hbond substituents is 1. The van der Waals surface area contributed by atoms with Crippen LogP contribution in [0.15, 0.2) is 18.2 Å². The lowest BCUT2D eigenvalue weighted by atomic mass is 10.0. The maximum atomic E-state index is 10.8. The maximum absolute atomic E-state index is 10.8. The molecule has 5 heteroatoms. The SMILES string of the molecule is O=C(O)CC(Cc1cc(Cl)ccc1O)NC1CC1. The first-order chi connectivity index (χ1) is 8.54. The summed E-state index contributed by atoms with van der Waals surface area (Å²) >= 11 is 5.88. The summed E-state index contributed by atoms with van der Waals surface area (Å²) in [5, 5.41) is 22.5. The van der Waals surface area contributed by atoms with Crippen LogP contribution < -0.4 is 5.32 Å². The first-order valence-electron chi connectivity index (χ1n) is 6.00. The fourth-order valence-corrected chi connectivity index (χ4v) is 2.16. The van der Waals surface area contributed by atoms with Gasteiger partial charge in [-0.2, -0.15) is 0 Å². The summed E-state index contributed by atoms with van der Waals surface area (Å²) in [4.78, 5) is 10.8. The minimum atomic E-state index is -0.838. The number of nitrogens with one attached hydrogen (secondary N) is 1. The van der Waals surface area contributed by atoms with Crippen LogP contribution in [0.1, 0.15) is 24.8 Å². The summed E-state index contributed by atoms with van der Waals surface area (Å²) in [6.07, 6.45) is 2.70. The Balaban J connectivity index is 2.05. The lowest BCUT2D eigenvalue weighted by Crippen LogP contribution is -2.35. The predicted molar refractivity (Wildman–Crippen MR) is 69.0 cm³/mol. The third kappa shape index (κ3) is 3.89. The average molecular weight is 270 g/mol. The number of aliphatic carboxylic acids is 1. The van der Waals surface area contributed by atoms with Gasteiger partial charge in [0.2, 0.25) is 0 Å². The molecule has 1 atom stereocenters. The van der Waals surface area contributed by atoms with E-state index in [4.69, 9.17) is 16.7 Å². The van der Waals surface area contributed by atoms with Gasteiger partial charge < -0.3 is 15.5 Å². The second-order valence-corrected chi connectivity index (χ2v) is 5.15. The van der Waals surface area contributed by atoms with Crippen molar-refractivity contribution in [1.82, 2.24) is 5.32 Å². The highest BCUT2D eigenvalue weighted by atomic mass is 35.5. The fraction of sp³-hybridized carbons (Fsp3) is 0.462. The van der Waals surface area contributed by atoms with E-state index in [-0.39, 0.29) is 18.2 Å². The Morgan fingerprint density at radius 2 is 2.22 bits per heavy atom. The molecule has 1 saturated carbocycles. The molecule has 2 rings (SSSR count). The number of hydrogen-bond donors (Lipinski definition) is 3. The second kappa shape index (κ2) is 5.59. The van der Waals surface area contributed by atoms with Crippen molar-refractivity contribution < 1.29 is 15.0 Å². The van der Waals surface area contributed by atoms with Gasteiger partial charge in [0.1, 0.15) is 5.75 Å². The zero-order valence-electron chi connectivity index (χ0n) is 9.90. The molecule has 0 bridgehead atoms. The maximum Gasteiger partial charge on any atom is 0.304 e. The smallest absolute Gasteiger partial charge is 0.304 e. The minimum Gasteiger partial charge on any atom is -0.508 e.